The van der Waals surface area contributed by atoms with Crippen LogP contribution < -0.4 is 11.1 Å². The summed E-state index contributed by atoms with van der Waals surface area (Å²) in [5.41, 5.74) is 6.10. The third kappa shape index (κ3) is 3.12. The highest BCUT2D eigenvalue weighted by Gasteiger charge is 2.14. The highest BCUT2D eigenvalue weighted by molar-refractivity contribution is 5.83. The lowest BCUT2D eigenvalue weighted by molar-refractivity contribution is -0.129. The molecule has 0 bridgehead atoms. The number of nitrogens with two attached hydrogens (primary N) is 1. The zero-order valence-electron chi connectivity index (χ0n) is 9.19. The van der Waals surface area contributed by atoms with Crippen LogP contribution in [-0.4, -0.2) is 35.9 Å². The first-order valence-electron chi connectivity index (χ1n) is 4.70. The third-order valence-corrected chi connectivity index (χ3v) is 1.96. The Bertz CT molecular complexity index is 334. The van der Waals surface area contributed by atoms with Crippen LogP contribution in [0.15, 0.2) is 18.3 Å². The number of pyridine rings is 1. The minimum absolute atomic E-state index is 0.00799. The van der Waals surface area contributed by atoms with Crippen molar-refractivity contribution in [1.82, 2.24) is 9.88 Å². The van der Waals surface area contributed by atoms with E-state index >= 15 is 0 Å². The van der Waals surface area contributed by atoms with Crippen LogP contribution in [0.4, 0.5) is 11.5 Å². The van der Waals surface area contributed by atoms with Crippen LogP contribution in [-0.2, 0) is 4.79 Å². The Hall–Kier alpha value is -1.78. The van der Waals surface area contributed by atoms with Crippen molar-refractivity contribution in [1.29, 1.82) is 0 Å². The molecule has 0 saturated carbocycles. The fourth-order valence-electron chi connectivity index (χ4n) is 1.16. The number of hydrogen-bond donors (Lipinski definition) is 2. The number of carbonyl (C=O) groups is 1. The van der Waals surface area contributed by atoms with Crippen LogP contribution in [0.25, 0.3) is 0 Å². The van der Waals surface area contributed by atoms with Crippen molar-refractivity contribution in [3.63, 3.8) is 0 Å². The number of nitrogens with one attached hydrogen (secondary N) is 1. The summed E-state index contributed by atoms with van der Waals surface area (Å²) in [4.78, 5) is 17.1. The van der Waals surface area contributed by atoms with Gasteiger partial charge in [-0.05, 0) is 19.1 Å². The molecule has 1 aromatic heterocycles. The monoisotopic (exact) mass is 208 g/mol. The Balaban J connectivity index is 2.62. The Morgan fingerprint density at radius 2 is 2.20 bits per heavy atom. The second-order valence-electron chi connectivity index (χ2n) is 3.58. The van der Waals surface area contributed by atoms with Crippen molar-refractivity contribution in [3.8, 4) is 0 Å². The van der Waals surface area contributed by atoms with E-state index in [9.17, 15) is 4.79 Å². The van der Waals surface area contributed by atoms with Gasteiger partial charge >= 0.3 is 0 Å². The summed E-state index contributed by atoms with van der Waals surface area (Å²) in [6.45, 7) is 1.79. The molecular weight excluding hydrogens is 192 g/mol. The van der Waals surface area contributed by atoms with Gasteiger partial charge in [0.05, 0.1) is 11.9 Å². The van der Waals surface area contributed by atoms with E-state index in [1.54, 1.807) is 39.3 Å². The number of likely N-dealkylation sites (N-methyl/N-ethyl adjacent to an activating group) is 1. The number of aromatic nitrogens is 1. The lowest BCUT2D eigenvalue weighted by Gasteiger charge is -2.18. The van der Waals surface area contributed by atoms with Gasteiger partial charge in [0, 0.05) is 14.1 Å². The van der Waals surface area contributed by atoms with E-state index in [2.05, 4.69) is 10.3 Å². The molecule has 5 heteroatoms. The van der Waals surface area contributed by atoms with Gasteiger partial charge in [-0.25, -0.2) is 4.98 Å². The molecule has 82 valence electrons. The van der Waals surface area contributed by atoms with Gasteiger partial charge in [0.2, 0.25) is 5.91 Å². The van der Waals surface area contributed by atoms with E-state index in [1.165, 1.54) is 4.90 Å². The van der Waals surface area contributed by atoms with Crippen LogP contribution in [0, 0.1) is 0 Å². The summed E-state index contributed by atoms with van der Waals surface area (Å²) >= 11 is 0. The molecule has 5 nitrogen and oxygen atoms in total. The SMILES string of the molecule is CC(Nc1ccc(N)cn1)C(=O)N(C)C. The molecule has 0 aliphatic rings. The quantitative estimate of drug-likeness (QED) is 0.761. The van der Waals surface area contributed by atoms with E-state index in [0.29, 0.717) is 11.5 Å². The van der Waals surface area contributed by atoms with Crippen molar-refractivity contribution in [2.45, 2.75) is 13.0 Å². The lowest BCUT2D eigenvalue weighted by atomic mass is 10.3. The minimum atomic E-state index is -0.295. The molecule has 1 amide bonds. The summed E-state index contributed by atoms with van der Waals surface area (Å²) in [6, 6.07) is 3.19. The Labute approximate surface area is 89.3 Å². The molecule has 15 heavy (non-hydrogen) atoms. The molecule has 1 rings (SSSR count). The molecular formula is C10H16N4O. The third-order valence-electron chi connectivity index (χ3n) is 1.96. The average Bonchev–Trinajstić information content (AvgIpc) is 2.20. The van der Waals surface area contributed by atoms with E-state index in [0.717, 1.165) is 0 Å². The summed E-state index contributed by atoms with van der Waals surface area (Å²) in [7, 11) is 3.44. The Kier molecular flexibility index (Phi) is 3.49. The van der Waals surface area contributed by atoms with E-state index in [4.69, 9.17) is 5.73 Å². The average molecular weight is 208 g/mol. The number of rotatable bonds is 3. The van der Waals surface area contributed by atoms with Gasteiger partial charge in [-0.15, -0.1) is 0 Å². The molecule has 1 heterocycles. The Morgan fingerprint density at radius 1 is 1.53 bits per heavy atom. The van der Waals surface area contributed by atoms with Crippen molar-refractivity contribution < 1.29 is 4.79 Å². The van der Waals surface area contributed by atoms with Crippen LogP contribution in [0.1, 0.15) is 6.92 Å². The molecule has 0 aromatic carbocycles. The maximum atomic E-state index is 11.5. The molecule has 1 unspecified atom stereocenters. The second kappa shape index (κ2) is 4.63. The fraction of sp³-hybridized carbons (Fsp3) is 0.400. The van der Waals surface area contributed by atoms with Crippen molar-refractivity contribution in [2.75, 3.05) is 25.1 Å². The zero-order valence-corrected chi connectivity index (χ0v) is 9.19. The highest BCUT2D eigenvalue weighted by Crippen LogP contribution is 2.07. The van der Waals surface area contributed by atoms with Crippen LogP contribution in [0.5, 0.6) is 0 Å². The smallest absolute Gasteiger partial charge is 0.244 e. The zero-order chi connectivity index (χ0) is 11.4. The van der Waals surface area contributed by atoms with E-state index < -0.39 is 0 Å². The van der Waals surface area contributed by atoms with Gasteiger partial charge in [-0.2, -0.15) is 0 Å². The van der Waals surface area contributed by atoms with Gasteiger partial charge in [0.1, 0.15) is 11.9 Å². The number of anilines is 2. The van der Waals surface area contributed by atoms with Crippen molar-refractivity contribution in [3.05, 3.63) is 18.3 Å². The number of nitrogens with zero attached hydrogens (tertiary/aromatic N) is 2. The maximum Gasteiger partial charge on any atom is 0.244 e. The molecule has 1 aromatic rings. The number of nitrogen functional groups attached to an aromatic ring is 1. The molecule has 0 fully saturated rings. The van der Waals surface area contributed by atoms with Crippen LogP contribution >= 0.6 is 0 Å². The second-order valence-corrected chi connectivity index (χ2v) is 3.58. The standard InChI is InChI=1S/C10H16N4O/c1-7(10(15)14(2)3)13-9-5-4-8(11)6-12-9/h4-7H,11H2,1-3H3,(H,12,13). The van der Waals surface area contributed by atoms with Crippen LogP contribution in [0.2, 0.25) is 0 Å². The molecule has 1 atom stereocenters. The molecule has 0 aliphatic carbocycles. The van der Waals surface area contributed by atoms with Gasteiger partial charge in [-0.1, -0.05) is 0 Å². The molecule has 0 aliphatic heterocycles. The number of carbonyl (C=O) groups excluding carboxylic acids is 1. The normalized spacial score (nSPS) is 11.9. The topological polar surface area (TPSA) is 71.2 Å². The van der Waals surface area contributed by atoms with Gasteiger partial charge < -0.3 is 16.0 Å². The maximum absolute atomic E-state index is 11.5. The number of amides is 1. The fourth-order valence-corrected chi connectivity index (χ4v) is 1.16. The largest absolute Gasteiger partial charge is 0.397 e. The predicted octanol–water partition coefficient (Wildman–Crippen LogP) is 0.552. The summed E-state index contributed by atoms with van der Waals surface area (Å²) in [5.74, 6) is 0.653. The van der Waals surface area contributed by atoms with Gasteiger partial charge in [-0.3, -0.25) is 4.79 Å². The van der Waals surface area contributed by atoms with E-state index in [1.807, 2.05) is 0 Å². The molecule has 0 radical (unpaired) electrons. The summed E-state index contributed by atoms with van der Waals surface area (Å²) in [6.07, 6.45) is 1.55. The minimum Gasteiger partial charge on any atom is -0.397 e. The lowest BCUT2D eigenvalue weighted by Crippen LogP contribution is -2.36. The summed E-state index contributed by atoms with van der Waals surface area (Å²) < 4.78 is 0. The van der Waals surface area contributed by atoms with Crippen molar-refractivity contribution >= 4 is 17.4 Å². The summed E-state index contributed by atoms with van der Waals surface area (Å²) in [5, 5.41) is 2.99. The van der Waals surface area contributed by atoms with Crippen LogP contribution in [0.3, 0.4) is 0 Å². The number of hydrogen-bond acceptors (Lipinski definition) is 4. The van der Waals surface area contributed by atoms with Gasteiger partial charge in [0.25, 0.3) is 0 Å². The predicted molar refractivity (Wildman–Crippen MR) is 60.4 cm³/mol. The van der Waals surface area contributed by atoms with Gasteiger partial charge in [0.15, 0.2) is 0 Å². The first-order valence-corrected chi connectivity index (χ1v) is 4.70. The molecule has 3 N–H and O–H groups in total. The molecule has 0 saturated heterocycles. The Morgan fingerprint density at radius 3 is 2.67 bits per heavy atom. The van der Waals surface area contributed by atoms with E-state index in [-0.39, 0.29) is 11.9 Å². The molecule has 0 spiro atoms. The van der Waals surface area contributed by atoms with Crippen molar-refractivity contribution in [2.24, 2.45) is 0 Å². The first-order chi connectivity index (χ1) is 7.00. The first kappa shape index (κ1) is 11.3. The highest BCUT2D eigenvalue weighted by atomic mass is 16.2.